The number of nitrogens with zero attached hydrogens (tertiary/aromatic N) is 2. The molecule has 2 amide bonds. The summed E-state index contributed by atoms with van der Waals surface area (Å²) in [5, 5.41) is 0. The topological polar surface area (TPSA) is 93.2 Å². The zero-order valence-corrected chi connectivity index (χ0v) is 15.9. The molecule has 2 aromatic rings. The van der Waals surface area contributed by atoms with Crippen LogP contribution in [0.15, 0.2) is 47.4 Å². The van der Waals surface area contributed by atoms with Crippen LogP contribution in [0, 0.1) is 5.82 Å². The van der Waals surface area contributed by atoms with E-state index in [-0.39, 0.29) is 35.0 Å². The van der Waals surface area contributed by atoms with Crippen LogP contribution in [0.5, 0.6) is 0 Å². The van der Waals surface area contributed by atoms with Crippen molar-refractivity contribution in [1.29, 1.82) is 0 Å². The van der Waals surface area contributed by atoms with E-state index in [4.69, 9.17) is 4.74 Å². The third-order valence-corrected chi connectivity index (χ3v) is 5.92. The maximum atomic E-state index is 13.3. The van der Waals surface area contributed by atoms with Crippen LogP contribution in [0.25, 0.3) is 0 Å². The van der Waals surface area contributed by atoms with E-state index in [0.717, 1.165) is 12.1 Å². The number of ether oxygens (including phenoxy) is 2. The van der Waals surface area contributed by atoms with Crippen molar-refractivity contribution in [1.82, 2.24) is 0 Å². The number of benzene rings is 2. The fourth-order valence-electron chi connectivity index (χ4n) is 2.83. The molecule has 10 heteroatoms. The number of carbonyl (C=O) groups is 2. The number of halogens is 1. The zero-order valence-electron chi connectivity index (χ0n) is 15.1. The smallest absolute Gasteiger partial charge is 0.343 e. The van der Waals surface area contributed by atoms with Crippen molar-refractivity contribution >= 4 is 33.4 Å². The van der Waals surface area contributed by atoms with E-state index >= 15 is 0 Å². The van der Waals surface area contributed by atoms with Gasteiger partial charge >= 0.3 is 12.0 Å². The predicted molar refractivity (Wildman–Crippen MR) is 98.5 cm³/mol. The van der Waals surface area contributed by atoms with Gasteiger partial charge in [0.05, 0.1) is 37.2 Å². The first-order chi connectivity index (χ1) is 13.3. The lowest BCUT2D eigenvalue weighted by molar-refractivity contribution is 0.0600. The Morgan fingerprint density at radius 3 is 2.39 bits per heavy atom. The fourth-order valence-corrected chi connectivity index (χ4v) is 4.40. The summed E-state index contributed by atoms with van der Waals surface area (Å²) in [7, 11) is -1.64. The Bertz CT molecular complexity index is 1020. The minimum absolute atomic E-state index is 0.00323. The van der Waals surface area contributed by atoms with Crippen molar-refractivity contribution in [3.8, 4) is 0 Å². The number of hydrogen-bond donors (Lipinski definition) is 0. The minimum Gasteiger partial charge on any atom is -0.465 e. The average molecular weight is 408 g/mol. The molecule has 2 aromatic carbocycles. The summed E-state index contributed by atoms with van der Waals surface area (Å²) in [6.07, 6.45) is 0. The highest BCUT2D eigenvalue weighted by atomic mass is 32.2. The van der Waals surface area contributed by atoms with Crippen molar-refractivity contribution in [3.63, 3.8) is 0 Å². The van der Waals surface area contributed by atoms with Crippen LogP contribution in [0.1, 0.15) is 10.4 Å². The number of esters is 1. The average Bonchev–Trinajstić information content (AvgIpc) is 2.68. The number of carbonyl (C=O) groups excluding carboxylic acids is 2. The van der Waals surface area contributed by atoms with Gasteiger partial charge in [-0.05, 0) is 42.5 Å². The Morgan fingerprint density at radius 2 is 1.79 bits per heavy atom. The van der Waals surface area contributed by atoms with Gasteiger partial charge in [-0.2, -0.15) is 4.31 Å². The molecular formula is C18H17FN2O6S. The Hall–Kier alpha value is -2.98. The van der Waals surface area contributed by atoms with Crippen molar-refractivity contribution in [2.45, 2.75) is 4.90 Å². The van der Waals surface area contributed by atoms with Gasteiger partial charge in [0.25, 0.3) is 10.0 Å². The highest BCUT2D eigenvalue weighted by Gasteiger charge is 2.42. The van der Waals surface area contributed by atoms with Crippen molar-refractivity contribution in [2.24, 2.45) is 0 Å². The van der Waals surface area contributed by atoms with E-state index in [1.54, 1.807) is 0 Å². The number of urea groups is 1. The summed E-state index contributed by atoms with van der Waals surface area (Å²) in [6, 6.07) is 7.49. The number of anilines is 2. The predicted octanol–water partition coefficient (Wildman–Crippen LogP) is 2.39. The molecule has 0 spiro atoms. The molecule has 0 atom stereocenters. The van der Waals surface area contributed by atoms with Crippen LogP contribution in [0.3, 0.4) is 0 Å². The number of fused-ring (bicyclic) bond motifs is 1. The number of sulfonamides is 1. The van der Waals surface area contributed by atoms with Crippen molar-refractivity contribution in [3.05, 3.63) is 53.8 Å². The second-order valence-electron chi connectivity index (χ2n) is 5.85. The van der Waals surface area contributed by atoms with E-state index in [1.165, 1.54) is 49.5 Å². The summed E-state index contributed by atoms with van der Waals surface area (Å²) >= 11 is 0. The Labute approximate surface area is 161 Å². The van der Waals surface area contributed by atoms with Gasteiger partial charge in [-0.1, -0.05) is 0 Å². The molecule has 28 heavy (non-hydrogen) atoms. The van der Waals surface area contributed by atoms with Gasteiger partial charge in [-0.3, -0.25) is 4.90 Å². The third-order valence-electron chi connectivity index (χ3n) is 4.17. The monoisotopic (exact) mass is 408 g/mol. The van der Waals surface area contributed by atoms with Crippen LogP contribution in [-0.4, -0.2) is 47.8 Å². The second-order valence-corrected chi connectivity index (χ2v) is 7.60. The maximum absolute atomic E-state index is 13.3. The molecule has 0 fully saturated rings. The molecular weight excluding hydrogens is 391 g/mol. The van der Waals surface area contributed by atoms with Crippen LogP contribution < -0.4 is 9.21 Å². The molecule has 1 aliphatic rings. The lowest BCUT2D eigenvalue weighted by Crippen LogP contribution is -2.52. The zero-order chi connectivity index (χ0) is 20.5. The van der Waals surface area contributed by atoms with E-state index in [2.05, 4.69) is 4.74 Å². The minimum atomic E-state index is -4.28. The van der Waals surface area contributed by atoms with Gasteiger partial charge in [0.15, 0.2) is 0 Å². The van der Waals surface area contributed by atoms with E-state index in [1.807, 2.05) is 0 Å². The van der Waals surface area contributed by atoms with Crippen LogP contribution >= 0.6 is 0 Å². The first-order valence-electron chi connectivity index (χ1n) is 8.15. The fraction of sp³-hybridized carbons (Fsp3) is 0.222. The molecule has 3 rings (SSSR count). The molecule has 1 aliphatic heterocycles. The molecule has 0 saturated heterocycles. The van der Waals surface area contributed by atoms with Crippen LogP contribution in [0.4, 0.5) is 20.6 Å². The second kappa shape index (κ2) is 7.56. The van der Waals surface area contributed by atoms with Gasteiger partial charge in [0.1, 0.15) is 10.7 Å². The molecule has 0 bridgehead atoms. The van der Waals surface area contributed by atoms with Gasteiger partial charge in [0, 0.05) is 7.11 Å². The first-order valence-corrected chi connectivity index (χ1v) is 9.59. The summed E-state index contributed by atoms with van der Waals surface area (Å²) in [5.74, 6) is -1.23. The SMILES string of the molecule is COCCN1C(=O)N(c2ccc(F)cc2)S(=O)(=O)c2ccc(C(=O)OC)cc21. The van der Waals surface area contributed by atoms with Crippen molar-refractivity contribution in [2.75, 3.05) is 36.6 Å². The number of hydrogen-bond acceptors (Lipinski definition) is 6. The molecule has 0 N–H and O–H groups in total. The lowest BCUT2D eigenvalue weighted by Gasteiger charge is -2.36. The lowest BCUT2D eigenvalue weighted by atomic mass is 10.2. The summed E-state index contributed by atoms with van der Waals surface area (Å²) < 4.78 is 49.7. The van der Waals surface area contributed by atoms with Crippen LogP contribution in [0.2, 0.25) is 0 Å². The van der Waals surface area contributed by atoms with Gasteiger partial charge in [-0.15, -0.1) is 0 Å². The molecule has 0 radical (unpaired) electrons. The maximum Gasteiger partial charge on any atom is 0.343 e. The molecule has 0 aliphatic carbocycles. The molecule has 0 unspecified atom stereocenters. The van der Waals surface area contributed by atoms with E-state index in [9.17, 15) is 22.4 Å². The van der Waals surface area contributed by atoms with Gasteiger partial charge in [0.2, 0.25) is 0 Å². The summed E-state index contributed by atoms with van der Waals surface area (Å²) in [6.45, 7) is 0.172. The number of rotatable bonds is 5. The Morgan fingerprint density at radius 1 is 1.11 bits per heavy atom. The summed E-state index contributed by atoms with van der Waals surface area (Å²) in [4.78, 5) is 25.9. The highest BCUT2D eigenvalue weighted by molar-refractivity contribution is 7.94. The Balaban J connectivity index is 2.19. The van der Waals surface area contributed by atoms with E-state index < -0.39 is 27.8 Å². The van der Waals surface area contributed by atoms with Gasteiger partial charge in [-0.25, -0.2) is 22.4 Å². The van der Waals surface area contributed by atoms with Crippen LogP contribution in [-0.2, 0) is 19.5 Å². The number of methoxy groups -OCH3 is 2. The molecule has 148 valence electrons. The van der Waals surface area contributed by atoms with E-state index in [0.29, 0.717) is 4.31 Å². The number of amides is 2. The Kier molecular flexibility index (Phi) is 5.34. The molecule has 8 nitrogen and oxygen atoms in total. The third kappa shape index (κ3) is 3.32. The molecule has 0 saturated carbocycles. The first kappa shape index (κ1) is 19.8. The molecule has 1 heterocycles. The van der Waals surface area contributed by atoms with Crippen molar-refractivity contribution < 1.29 is 31.9 Å². The highest BCUT2D eigenvalue weighted by Crippen LogP contribution is 2.37. The standard InChI is InChI=1S/C18H17FN2O6S/c1-26-10-9-20-15-11-12(17(22)27-2)3-8-16(15)28(24,25)21(18(20)23)14-6-4-13(19)5-7-14/h3-8,11H,9-10H2,1-2H3. The summed E-state index contributed by atoms with van der Waals surface area (Å²) in [5.41, 5.74) is 0.140. The quantitative estimate of drug-likeness (QED) is 0.706. The normalized spacial score (nSPS) is 15.3. The largest absolute Gasteiger partial charge is 0.465 e. The molecule has 0 aromatic heterocycles. The van der Waals surface area contributed by atoms with Gasteiger partial charge < -0.3 is 9.47 Å².